The number of imide groups is 1. The van der Waals surface area contributed by atoms with Gasteiger partial charge in [0.1, 0.15) is 5.75 Å². The van der Waals surface area contributed by atoms with Gasteiger partial charge in [-0.15, -0.1) is 0 Å². The summed E-state index contributed by atoms with van der Waals surface area (Å²) in [4.78, 5) is 29.3. The Kier molecular flexibility index (Phi) is 4.87. The average molecular weight is 452 g/mol. The Labute approximate surface area is 200 Å². The highest BCUT2D eigenvalue weighted by molar-refractivity contribution is 6.23. The molecule has 1 heterocycles. The van der Waals surface area contributed by atoms with Crippen LogP contribution in [0.4, 0.5) is 5.69 Å². The molecule has 0 saturated carbocycles. The highest BCUT2D eigenvalue weighted by Crippen LogP contribution is 2.64. The SMILES string of the molecule is CCCCCOc1ccc(N2C(=O)C3C4c5ccccc5C(C)(c5ccccc54)C3C2=O)cc1. The summed E-state index contributed by atoms with van der Waals surface area (Å²) in [5.41, 5.74) is 4.82. The maximum Gasteiger partial charge on any atom is 0.238 e. The highest BCUT2D eigenvalue weighted by atomic mass is 16.5. The minimum Gasteiger partial charge on any atom is -0.494 e. The van der Waals surface area contributed by atoms with Gasteiger partial charge in [-0.1, -0.05) is 75.2 Å². The first-order chi connectivity index (χ1) is 16.6. The molecular weight excluding hydrogens is 422 g/mol. The molecule has 34 heavy (non-hydrogen) atoms. The van der Waals surface area contributed by atoms with Crippen molar-refractivity contribution in [2.24, 2.45) is 11.8 Å². The van der Waals surface area contributed by atoms with E-state index in [0.29, 0.717) is 12.3 Å². The lowest BCUT2D eigenvalue weighted by molar-refractivity contribution is -0.123. The lowest BCUT2D eigenvalue weighted by atomic mass is 9.48. The zero-order valence-corrected chi connectivity index (χ0v) is 19.7. The number of amides is 2. The summed E-state index contributed by atoms with van der Waals surface area (Å²) in [5.74, 6) is -0.299. The molecule has 4 aliphatic rings. The van der Waals surface area contributed by atoms with E-state index in [-0.39, 0.29) is 23.7 Å². The smallest absolute Gasteiger partial charge is 0.238 e. The van der Waals surface area contributed by atoms with Crippen LogP contribution < -0.4 is 9.64 Å². The van der Waals surface area contributed by atoms with Crippen LogP contribution in [-0.2, 0) is 15.0 Å². The second kappa shape index (κ2) is 7.83. The zero-order valence-electron chi connectivity index (χ0n) is 19.7. The van der Waals surface area contributed by atoms with Gasteiger partial charge < -0.3 is 4.74 Å². The Morgan fingerprint density at radius 1 is 0.824 bits per heavy atom. The van der Waals surface area contributed by atoms with Crippen molar-refractivity contribution in [3.8, 4) is 5.75 Å². The largest absolute Gasteiger partial charge is 0.494 e. The van der Waals surface area contributed by atoms with Gasteiger partial charge in [-0.05, 0) is 52.9 Å². The van der Waals surface area contributed by atoms with E-state index in [1.54, 1.807) is 0 Å². The number of hydrogen-bond donors (Lipinski definition) is 0. The van der Waals surface area contributed by atoms with Crippen molar-refractivity contribution in [3.05, 3.63) is 95.1 Å². The normalized spacial score (nSPS) is 26.3. The van der Waals surface area contributed by atoms with Gasteiger partial charge in [0.2, 0.25) is 11.8 Å². The van der Waals surface area contributed by atoms with Crippen molar-refractivity contribution >= 4 is 17.5 Å². The van der Waals surface area contributed by atoms with E-state index in [9.17, 15) is 9.59 Å². The zero-order chi connectivity index (χ0) is 23.4. The average Bonchev–Trinajstić information content (AvgIpc) is 3.14. The maximum absolute atomic E-state index is 14.0. The van der Waals surface area contributed by atoms with Gasteiger partial charge in [-0.25, -0.2) is 4.90 Å². The fraction of sp³-hybridized carbons (Fsp3) is 0.333. The predicted molar refractivity (Wildman–Crippen MR) is 132 cm³/mol. The second-order valence-corrected chi connectivity index (χ2v) is 9.92. The number of carbonyl (C=O) groups excluding carboxylic acids is 2. The number of benzene rings is 3. The minimum absolute atomic E-state index is 0.0909. The summed E-state index contributed by atoms with van der Waals surface area (Å²) in [5, 5.41) is 0. The summed E-state index contributed by atoms with van der Waals surface area (Å²) < 4.78 is 5.83. The van der Waals surface area contributed by atoms with Gasteiger partial charge in [-0.3, -0.25) is 9.59 Å². The Morgan fingerprint density at radius 3 is 2.06 bits per heavy atom. The molecule has 7 rings (SSSR count). The van der Waals surface area contributed by atoms with Crippen LogP contribution in [0.15, 0.2) is 72.8 Å². The van der Waals surface area contributed by atoms with Crippen LogP contribution in [0.3, 0.4) is 0 Å². The quantitative estimate of drug-likeness (QED) is 0.350. The third kappa shape index (κ3) is 2.78. The van der Waals surface area contributed by atoms with Crippen molar-refractivity contribution in [1.29, 1.82) is 0 Å². The summed E-state index contributed by atoms with van der Waals surface area (Å²) in [6.45, 7) is 5.00. The van der Waals surface area contributed by atoms with Crippen LogP contribution in [-0.4, -0.2) is 18.4 Å². The Bertz CT molecular complexity index is 1230. The second-order valence-electron chi connectivity index (χ2n) is 9.92. The van der Waals surface area contributed by atoms with E-state index in [2.05, 4.69) is 38.1 Å². The van der Waals surface area contributed by atoms with E-state index in [1.807, 2.05) is 48.5 Å². The number of hydrogen-bond acceptors (Lipinski definition) is 3. The lowest BCUT2D eigenvalue weighted by Gasteiger charge is -2.52. The lowest BCUT2D eigenvalue weighted by Crippen LogP contribution is -2.51. The van der Waals surface area contributed by atoms with E-state index < -0.39 is 11.3 Å². The van der Waals surface area contributed by atoms with Crippen molar-refractivity contribution in [2.45, 2.75) is 44.4 Å². The highest BCUT2D eigenvalue weighted by Gasteiger charge is 2.66. The first-order valence-corrected chi connectivity index (χ1v) is 12.4. The maximum atomic E-state index is 14.0. The minimum atomic E-state index is -0.531. The van der Waals surface area contributed by atoms with Gasteiger partial charge in [-0.2, -0.15) is 0 Å². The molecule has 0 aromatic heterocycles. The number of rotatable bonds is 6. The van der Waals surface area contributed by atoms with E-state index in [0.717, 1.165) is 25.0 Å². The van der Waals surface area contributed by atoms with Crippen molar-refractivity contribution in [1.82, 2.24) is 0 Å². The summed E-state index contributed by atoms with van der Waals surface area (Å²) in [7, 11) is 0. The van der Waals surface area contributed by atoms with Crippen LogP contribution in [0.5, 0.6) is 5.75 Å². The van der Waals surface area contributed by atoms with E-state index in [1.165, 1.54) is 27.2 Å². The molecule has 3 aromatic rings. The molecule has 2 atom stereocenters. The molecule has 172 valence electrons. The molecule has 4 heteroatoms. The van der Waals surface area contributed by atoms with Gasteiger partial charge >= 0.3 is 0 Å². The number of nitrogens with zero attached hydrogens (tertiary/aromatic N) is 1. The van der Waals surface area contributed by atoms with Gasteiger partial charge in [0.05, 0.1) is 24.1 Å². The monoisotopic (exact) mass is 451 g/mol. The standard InChI is InChI=1S/C30H29NO3/c1-3-4-9-18-34-20-16-14-19(15-17-20)31-28(32)26-25-21-10-5-7-12-23(21)30(2,27(26)29(31)33)24-13-8-6-11-22(24)25/h5-8,10-17,25-27H,3-4,9,18H2,1-2H3. The van der Waals surface area contributed by atoms with Crippen LogP contribution >= 0.6 is 0 Å². The molecule has 0 radical (unpaired) electrons. The van der Waals surface area contributed by atoms with Gasteiger partial charge in [0.15, 0.2) is 0 Å². The number of ether oxygens (including phenoxy) is 1. The number of carbonyl (C=O) groups is 2. The van der Waals surface area contributed by atoms with E-state index >= 15 is 0 Å². The first-order valence-electron chi connectivity index (χ1n) is 12.4. The molecule has 2 unspecified atom stereocenters. The number of unbranched alkanes of at least 4 members (excludes halogenated alkanes) is 2. The summed E-state index contributed by atoms with van der Waals surface area (Å²) >= 11 is 0. The van der Waals surface area contributed by atoms with Gasteiger partial charge in [0.25, 0.3) is 0 Å². The molecule has 1 saturated heterocycles. The third-order valence-electron chi connectivity index (χ3n) is 8.15. The molecule has 3 aliphatic carbocycles. The molecule has 0 spiro atoms. The molecule has 1 fully saturated rings. The molecule has 2 bridgehead atoms. The molecule has 0 N–H and O–H groups in total. The third-order valence-corrected chi connectivity index (χ3v) is 8.15. The first kappa shape index (κ1) is 21.2. The van der Waals surface area contributed by atoms with Gasteiger partial charge in [0, 0.05) is 11.3 Å². The fourth-order valence-electron chi connectivity index (χ4n) is 6.64. The number of anilines is 1. The Hall–Kier alpha value is -3.40. The molecule has 2 amide bonds. The molecule has 1 aliphatic heterocycles. The Balaban J connectivity index is 1.38. The van der Waals surface area contributed by atoms with Crippen LogP contribution in [0.1, 0.15) is 61.3 Å². The van der Waals surface area contributed by atoms with Crippen molar-refractivity contribution in [3.63, 3.8) is 0 Å². The van der Waals surface area contributed by atoms with Crippen molar-refractivity contribution in [2.75, 3.05) is 11.5 Å². The van der Waals surface area contributed by atoms with Crippen LogP contribution in [0, 0.1) is 11.8 Å². The van der Waals surface area contributed by atoms with Crippen LogP contribution in [0.2, 0.25) is 0 Å². The topological polar surface area (TPSA) is 46.6 Å². The molecule has 3 aromatic carbocycles. The van der Waals surface area contributed by atoms with Crippen molar-refractivity contribution < 1.29 is 14.3 Å². The van der Waals surface area contributed by atoms with E-state index in [4.69, 9.17) is 4.74 Å². The fourth-order valence-corrected chi connectivity index (χ4v) is 6.64. The predicted octanol–water partition coefficient (Wildman–Crippen LogP) is 5.83. The summed E-state index contributed by atoms with van der Waals surface area (Å²) in [6, 6.07) is 24.1. The summed E-state index contributed by atoms with van der Waals surface area (Å²) in [6.07, 6.45) is 3.31. The Morgan fingerprint density at radius 2 is 1.44 bits per heavy atom. The molecule has 4 nitrogen and oxygen atoms in total. The molecular formula is C30H29NO3. The van der Waals surface area contributed by atoms with Crippen LogP contribution in [0.25, 0.3) is 0 Å².